The molecule has 2 rings (SSSR count). The summed E-state index contributed by atoms with van der Waals surface area (Å²) in [6, 6.07) is 7.53. The largest absolute Gasteiger partial charge is 0.465 e. The molecule has 0 aliphatic carbocycles. The predicted octanol–water partition coefficient (Wildman–Crippen LogP) is 1.56. The summed E-state index contributed by atoms with van der Waals surface area (Å²) in [4.78, 5) is 25.0. The van der Waals surface area contributed by atoms with Crippen molar-refractivity contribution in [2.45, 2.75) is 25.8 Å². The van der Waals surface area contributed by atoms with Crippen LogP contribution in [0, 0.1) is 5.92 Å². The van der Waals surface area contributed by atoms with Crippen LogP contribution in [-0.4, -0.2) is 37.0 Å². The van der Waals surface area contributed by atoms with E-state index in [0.717, 1.165) is 38.0 Å². The quantitative estimate of drug-likeness (QED) is 0.835. The fraction of sp³-hybridized carbons (Fsp3) is 0.500. The van der Waals surface area contributed by atoms with Gasteiger partial charge in [0.15, 0.2) is 0 Å². The molecule has 0 saturated carbocycles. The van der Waals surface area contributed by atoms with Crippen molar-refractivity contribution >= 4 is 11.9 Å². The van der Waals surface area contributed by atoms with Gasteiger partial charge in [-0.05, 0) is 43.5 Å². The lowest BCUT2D eigenvalue weighted by atomic mass is 9.93. The average Bonchev–Trinajstić information content (AvgIpc) is 2.48. The maximum Gasteiger partial charge on any atom is 0.338 e. The summed E-state index contributed by atoms with van der Waals surface area (Å²) in [6.07, 6.45) is 2.43. The van der Waals surface area contributed by atoms with E-state index in [-0.39, 0.29) is 11.9 Å². The van der Waals surface area contributed by atoms with Gasteiger partial charge in [0.2, 0.25) is 5.91 Å². The van der Waals surface area contributed by atoms with Crippen LogP contribution in [0.5, 0.6) is 0 Å². The highest BCUT2D eigenvalue weighted by Gasteiger charge is 2.22. The Morgan fingerprint density at radius 1 is 1.29 bits per heavy atom. The molecule has 0 aromatic heterocycles. The van der Waals surface area contributed by atoms with E-state index >= 15 is 0 Å². The standard InChI is InChI=1S/C16H22N2O3/c1-21-16(20)14-5-3-2-4-13(14)11-18-8-6-12(7-9-18)10-15(17)19/h2-5,12H,6-11H2,1H3,(H2,17,19). The first-order valence-electron chi connectivity index (χ1n) is 7.27. The summed E-state index contributed by atoms with van der Waals surface area (Å²) in [5.41, 5.74) is 6.85. The summed E-state index contributed by atoms with van der Waals surface area (Å²) in [6.45, 7) is 2.58. The van der Waals surface area contributed by atoms with Crippen LogP contribution in [0.25, 0.3) is 0 Å². The number of benzene rings is 1. The van der Waals surface area contributed by atoms with Gasteiger partial charge in [0.25, 0.3) is 0 Å². The van der Waals surface area contributed by atoms with E-state index in [2.05, 4.69) is 4.90 Å². The Kier molecular flexibility index (Phi) is 5.33. The van der Waals surface area contributed by atoms with Gasteiger partial charge in [-0.3, -0.25) is 9.69 Å². The third-order valence-corrected chi connectivity index (χ3v) is 4.01. The van der Waals surface area contributed by atoms with Gasteiger partial charge < -0.3 is 10.5 Å². The SMILES string of the molecule is COC(=O)c1ccccc1CN1CCC(CC(N)=O)CC1. The third kappa shape index (κ3) is 4.29. The van der Waals surface area contributed by atoms with Crippen LogP contribution in [0.3, 0.4) is 0 Å². The van der Waals surface area contributed by atoms with Crippen LogP contribution < -0.4 is 5.73 Å². The Morgan fingerprint density at radius 3 is 2.57 bits per heavy atom. The number of hydrogen-bond acceptors (Lipinski definition) is 4. The fourth-order valence-electron chi connectivity index (χ4n) is 2.84. The highest BCUT2D eigenvalue weighted by atomic mass is 16.5. The number of hydrogen-bond donors (Lipinski definition) is 1. The zero-order valence-electron chi connectivity index (χ0n) is 12.4. The molecular weight excluding hydrogens is 268 g/mol. The molecule has 5 heteroatoms. The number of likely N-dealkylation sites (tertiary alicyclic amines) is 1. The number of primary amides is 1. The molecular formula is C16H22N2O3. The summed E-state index contributed by atoms with van der Waals surface area (Å²) in [5, 5.41) is 0. The first-order chi connectivity index (χ1) is 10.1. The minimum absolute atomic E-state index is 0.218. The molecule has 0 atom stereocenters. The van der Waals surface area contributed by atoms with E-state index in [1.165, 1.54) is 7.11 Å². The second kappa shape index (κ2) is 7.22. The number of ether oxygens (including phenoxy) is 1. The lowest BCUT2D eigenvalue weighted by molar-refractivity contribution is -0.119. The van der Waals surface area contributed by atoms with E-state index in [0.29, 0.717) is 17.9 Å². The molecule has 1 aromatic carbocycles. The average molecular weight is 290 g/mol. The first kappa shape index (κ1) is 15.5. The number of nitrogens with two attached hydrogens (primary N) is 1. The summed E-state index contributed by atoms with van der Waals surface area (Å²) < 4.78 is 4.82. The van der Waals surface area contributed by atoms with Crippen LogP contribution in [0.4, 0.5) is 0 Å². The number of nitrogens with zero attached hydrogens (tertiary/aromatic N) is 1. The van der Waals surface area contributed by atoms with Gasteiger partial charge in [-0.15, -0.1) is 0 Å². The number of rotatable bonds is 5. The van der Waals surface area contributed by atoms with Crippen molar-refractivity contribution in [3.63, 3.8) is 0 Å². The van der Waals surface area contributed by atoms with E-state index in [1.807, 2.05) is 18.2 Å². The number of amides is 1. The van der Waals surface area contributed by atoms with Crippen molar-refractivity contribution < 1.29 is 14.3 Å². The lowest BCUT2D eigenvalue weighted by Gasteiger charge is -2.31. The van der Waals surface area contributed by atoms with Crippen molar-refractivity contribution in [1.82, 2.24) is 4.90 Å². The van der Waals surface area contributed by atoms with Crippen LogP contribution in [-0.2, 0) is 16.1 Å². The van der Waals surface area contributed by atoms with Gasteiger partial charge in [0.1, 0.15) is 0 Å². The van der Waals surface area contributed by atoms with E-state index in [4.69, 9.17) is 10.5 Å². The maximum absolute atomic E-state index is 11.8. The minimum Gasteiger partial charge on any atom is -0.465 e. The number of methoxy groups -OCH3 is 1. The fourth-order valence-corrected chi connectivity index (χ4v) is 2.84. The van der Waals surface area contributed by atoms with Crippen LogP contribution in [0.15, 0.2) is 24.3 Å². The first-order valence-corrected chi connectivity index (χ1v) is 7.27. The van der Waals surface area contributed by atoms with Gasteiger partial charge in [0, 0.05) is 13.0 Å². The Balaban J connectivity index is 1.95. The topological polar surface area (TPSA) is 72.6 Å². The normalized spacial score (nSPS) is 16.6. The molecule has 2 N–H and O–H groups in total. The van der Waals surface area contributed by atoms with Gasteiger partial charge in [-0.2, -0.15) is 0 Å². The molecule has 21 heavy (non-hydrogen) atoms. The molecule has 1 aromatic rings. The zero-order valence-corrected chi connectivity index (χ0v) is 12.4. The van der Waals surface area contributed by atoms with Crippen LogP contribution in [0.2, 0.25) is 0 Å². The summed E-state index contributed by atoms with van der Waals surface area (Å²) in [7, 11) is 1.40. The molecule has 1 aliphatic rings. The molecule has 0 bridgehead atoms. The number of carbonyl (C=O) groups excluding carboxylic acids is 2. The number of carbonyl (C=O) groups is 2. The van der Waals surface area contributed by atoms with E-state index in [1.54, 1.807) is 6.07 Å². The van der Waals surface area contributed by atoms with Crippen molar-refractivity contribution in [2.75, 3.05) is 20.2 Å². The van der Waals surface area contributed by atoms with Gasteiger partial charge in [-0.1, -0.05) is 18.2 Å². The maximum atomic E-state index is 11.8. The Labute approximate surface area is 125 Å². The minimum atomic E-state index is -0.297. The smallest absolute Gasteiger partial charge is 0.338 e. The molecule has 0 radical (unpaired) electrons. The second-order valence-electron chi connectivity index (χ2n) is 5.54. The highest BCUT2D eigenvalue weighted by molar-refractivity contribution is 5.90. The van der Waals surface area contributed by atoms with Crippen molar-refractivity contribution in [3.05, 3.63) is 35.4 Å². The van der Waals surface area contributed by atoms with Crippen molar-refractivity contribution in [1.29, 1.82) is 0 Å². The molecule has 5 nitrogen and oxygen atoms in total. The van der Waals surface area contributed by atoms with Crippen molar-refractivity contribution in [2.24, 2.45) is 11.7 Å². The van der Waals surface area contributed by atoms with E-state index < -0.39 is 0 Å². The number of piperidine rings is 1. The molecule has 0 unspecified atom stereocenters. The molecule has 1 saturated heterocycles. The van der Waals surface area contributed by atoms with E-state index in [9.17, 15) is 9.59 Å². The molecule has 1 heterocycles. The Morgan fingerprint density at radius 2 is 1.95 bits per heavy atom. The Hall–Kier alpha value is -1.88. The molecule has 1 aliphatic heterocycles. The van der Waals surface area contributed by atoms with Crippen LogP contribution >= 0.6 is 0 Å². The summed E-state index contributed by atoms with van der Waals surface area (Å²) in [5.74, 6) is -0.117. The molecule has 1 amide bonds. The van der Waals surface area contributed by atoms with Gasteiger partial charge >= 0.3 is 5.97 Å². The third-order valence-electron chi connectivity index (χ3n) is 4.01. The Bertz CT molecular complexity index is 508. The van der Waals surface area contributed by atoms with Crippen molar-refractivity contribution in [3.8, 4) is 0 Å². The van der Waals surface area contributed by atoms with Gasteiger partial charge in [0.05, 0.1) is 12.7 Å². The lowest BCUT2D eigenvalue weighted by Crippen LogP contribution is -2.35. The van der Waals surface area contributed by atoms with Gasteiger partial charge in [-0.25, -0.2) is 4.79 Å². The summed E-state index contributed by atoms with van der Waals surface area (Å²) >= 11 is 0. The monoisotopic (exact) mass is 290 g/mol. The molecule has 114 valence electrons. The van der Waals surface area contributed by atoms with Crippen LogP contribution in [0.1, 0.15) is 35.2 Å². The second-order valence-corrected chi connectivity index (χ2v) is 5.54. The molecule has 0 spiro atoms. The molecule has 1 fully saturated rings. The zero-order chi connectivity index (χ0) is 15.2. The number of esters is 1. The highest BCUT2D eigenvalue weighted by Crippen LogP contribution is 2.22. The predicted molar refractivity (Wildman–Crippen MR) is 79.6 cm³/mol.